The highest BCUT2D eigenvalue weighted by atomic mass is 32.1. The monoisotopic (exact) mass is 444 g/mol. The molecule has 0 spiro atoms. The van der Waals surface area contributed by atoms with E-state index in [0.29, 0.717) is 5.69 Å². The first-order valence-corrected chi connectivity index (χ1v) is 9.37. The summed E-state index contributed by atoms with van der Waals surface area (Å²) in [7, 11) is 0. The number of nitrogens with zero attached hydrogens (tertiary/aromatic N) is 1. The zero-order chi connectivity index (χ0) is 22.8. The first-order valence-electron chi connectivity index (χ1n) is 8.74. The van der Waals surface area contributed by atoms with Crippen LogP contribution in [0.5, 0.6) is 0 Å². The number of carboxylic acids is 2. The summed E-state index contributed by atoms with van der Waals surface area (Å²) < 4.78 is 0. The Morgan fingerprint density at radius 3 is 2.23 bits per heavy atom. The average molecular weight is 444 g/mol. The molecule has 30 heavy (non-hydrogen) atoms. The van der Waals surface area contributed by atoms with Crippen molar-refractivity contribution in [1.29, 1.82) is 0 Å². The molecule has 166 valence electrons. The average Bonchev–Trinajstić information content (AvgIpc) is 3.17. The summed E-state index contributed by atoms with van der Waals surface area (Å²) >= 11 is 3.81. The third-order valence-corrected chi connectivity index (χ3v) is 4.26. The number of hydrogen-bond acceptors (Lipinski definition) is 8. The molecule has 3 amide bonds. The fourth-order valence-corrected chi connectivity index (χ4v) is 2.50. The SMILES string of the molecule is CC(NC(=O)C(CC(=O)O)NC(=O)C(N)Cc1cnc[nH]1)C(=O)NC(CS)C(=O)O. The molecule has 0 fully saturated rings. The fraction of sp³-hybridized carbons (Fsp3) is 0.500. The van der Waals surface area contributed by atoms with Gasteiger partial charge in [0.25, 0.3) is 0 Å². The molecule has 0 saturated carbocycles. The van der Waals surface area contributed by atoms with E-state index in [0.717, 1.165) is 0 Å². The van der Waals surface area contributed by atoms with Gasteiger partial charge in [-0.3, -0.25) is 19.2 Å². The van der Waals surface area contributed by atoms with Crippen LogP contribution in [0, 0.1) is 0 Å². The van der Waals surface area contributed by atoms with Crippen molar-refractivity contribution in [3.63, 3.8) is 0 Å². The number of rotatable bonds is 12. The van der Waals surface area contributed by atoms with E-state index in [9.17, 15) is 24.0 Å². The van der Waals surface area contributed by atoms with Crippen LogP contribution in [0.4, 0.5) is 0 Å². The number of hydrogen-bond donors (Lipinski definition) is 8. The summed E-state index contributed by atoms with van der Waals surface area (Å²) in [5, 5.41) is 24.6. The number of aliphatic carboxylic acids is 2. The maximum Gasteiger partial charge on any atom is 0.327 e. The second kappa shape index (κ2) is 11.8. The summed E-state index contributed by atoms with van der Waals surface area (Å²) in [5.74, 6) is -5.38. The fourth-order valence-electron chi connectivity index (χ4n) is 2.25. The largest absolute Gasteiger partial charge is 0.481 e. The number of thiol groups is 1. The minimum absolute atomic E-state index is 0.0758. The van der Waals surface area contributed by atoms with Crippen LogP contribution < -0.4 is 21.7 Å². The standard InChI is InChI=1S/C16H24N6O7S/c1-7(13(25)22-11(5-30)16(28)29)20-15(27)10(3-12(23)24)21-14(26)9(17)2-8-4-18-6-19-8/h4,6-7,9-11,30H,2-3,5,17H2,1H3,(H,18,19)(H,20,27)(H,21,26)(H,22,25)(H,23,24)(H,28,29). The number of aromatic amines is 1. The molecule has 13 nitrogen and oxygen atoms in total. The van der Waals surface area contributed by atoms with E-state index in [1.165, 1.54) is 19.4 Å². The highest BCUT2D eigenvalue weighted by Gasteiger charge is 2.29. The van der Waals surface area contributed by atoms with Crippen LogP contribution in [0.25, 0.3) is 0 Å². The van der Waals surface area contributed by atoms with Gasteiger partial charge in [-0.25, -0.2) is 9.78 Å². The zero-order valence-corrected chi connectivity index (χ0v) is 16.9. The van der Waals surface area contributed by atoms with E-state index >= 15 is 0 Å². The van der Waals surface area contributed by atoms with E-state index < -0.39 is 60.2 Å². The van der Waals surface area contributed by atoms with Crippen LogP contribution in [0.3, 0.4) is 0 Å². The van der Waals surface area contributed by atoms with Gasteiger partial charge in [-0.2, -0.15) is 12.6 Å². The third kappa shape index (κ3) is 8.08. The molecule has 0 radical (unpaired) electrons. The Morgan fingerprint density at radius 2 is 1.73 bits per heavy atom. The molecule has 0 aliphatic carbocycles. The number of carboxylic acid groups (broad SMARTS) is 2. The van der Waals surface area contributed by atoms with E-state index in [2.05, 4.69) is 38.5 Å². The molecule has 8 N–H and O–H groups in total. The molecule has 0 aliphatic rings. The lowest BCUT2D eigenvalue weighted by Gasteiger charge is -2.22. The van der Waals surface area contributed by atoms with Crippen molar-refractivity contribution in [3.8, 4) is 0 Å². The number of imidazole rings is 1. The molecule has 0 aliphatic heterocycles. The van der Waals surface area contributed by atoms with Crippen molar-refractivity contribution < 1.29 is 34.2 Å². The molecule has 0 bridgehead atoms. The van der Waals surface area contributed by atoms with E-state index in [-0.39, 0.29) is 12.2 Å². The number of amides is 3. The van der Waals surface area contributed by atoms with Gasteiger partial charge in [0.1, 0.15) is 18.1 Å². The van der Waals surface area contributed by atoms with Crippen molar-refractivity contribution in [1.82, 2.24) is 25.9 Å². The Balaban J connectivity index is 2.73. The predicted molar refractivity (Wildman–Crippen MR) is 105 cm³/mol. The molecule has 4 unspecified atom stereocenters. The Labute approximate surface area is 176 Å². The van der Waals surface area contributed by atoms with Gasteiger partial charge in [-0.1, -0.05) is 0 Å². The van der Waals surface area contributed by atoms with Gasteiger partial charge in [-0.05, 0) is 6.92 Å². The van der Waals surface area contributed by atoms with Gasteiger partial charge in [0.2, 0.25) is 17.7 Å². The highest BCUT2D eigenvalue weighted by molar-refractivity contribution is 7.80. The lowest BCUT2D eigenvalue weighted by molar-refractivity contribution is -0.142. The summed E-state index contributed by atoms with van der Waals surface area (Å²) in [6.07, 6.45) is 2.18. The molecule has 0 saturated heterocycles. The lowest BCUT2D eigenvalue weighted by atomic mass is 10.1. The molecular weight excluding hydrogens is 420 g/mol. The first-order chi connectivity index (χ1) is 14.0. The Hall–Kier alpha value is -3.13. The van der Waals surface area contributed by atoms with Crippen molar-refractivity contribution in [2.75, 3.05) is 5.75 Å². The maximum absolute atomic E-state index is 12.4. The molecule has 1 aromatic heterocycles. The summed E-state index contributed by atoms with van der Waals surface area (Å²) in [6.45, 7) is 1.27. The van der Waals surface area contributed by atoms with Gasteiger partial charge < -0.3 is 36.9 Å². The Kier molecular flexibility index (Phi) is 9.77. The second-order valence-electron chi connectivity index (χ2n) is 6.36. The van der Waals surface area contributed by atoms with Gasteiger partial charge >= 0.3 is 11.9 Å². The van der Waals surface area contributed by atoms with Gasteiger partial charge in [0.15, 0.2) is 0 Å². The molecular formula is C16H24N6O7S. The smallest absolute Gasteiger partial charge is 0.327 e. The lowest BCUT2D eigenvalue weighted by Crippen LogP contribution is -2.57. The number of nitrogens with two attached hydrogens (primary N) is 1. The molecule has 4 atom stereocenters. The number of H-pyrrole nitrogens is 1. The summed E-state index contributed by atoms with van der Waals surface area (Å²) in [4.78, 5) is 65.3. The topological polar surface area (TPSA) is 217 Å². The van der Waals surface area contributed by atoms with Crippen molar-refractivity contribution in [3.05, 3.63) is 18.2 Å². The molecule has 1 aromatic rings. The third-order valence-electron chi connectivity index (χ3n) is 3.89. The quantitative estimate of drug-likeness (QED) is 0.156. The Bertz CT molecular complexity index is 772. The van der Waals surface area contributed by atoms with Crippen LogP contribution in [-0.4, -0.2) is 79.8 Å². The van der Waals surface area contributed by atoms with Crippen LogP contribution in [0.2, 0.25) is 0 Å². The van der Waals surface area contributed by atoms with Crippen LogP contribution in [-0.2, 0) is 30.4 Å². The number of carbonyl (C=O) groups is 5. The normalized spacial score (nSPS) is 14.6. The molecule has 14 heteroatoms. The Morgan fingerprint density at radius 1 is 1.10 bits per heavy atom. The van der Waals surface area contributed by atoms with E-state index in [4.69, 9.17) is 15.9 Å². The minimum Gasteiger partial charge on any atom is -0.481 e. The predicted octanol–water partition coefficient (Wildman–Crippen LogP) is -2.76. The number of aromatic nitrogens is 2. The van der Waals surface area contributed by atoms with Crippen molar-refractivity contribution in [2.45, 2.75) is 43.9 Å². The minimum atomic E-state index is -1.50. The van der Waals surface area contributed by atoms with E-state index in [1.54, 1.807) is 0 Å². The number of carbonyl (C=O) groups excluding carboxylic acids is 3. The highest BCUT2D eigenvalue weighted by Crippen LogP contribution is 2.00. The van der Waals surface area contributed by atoms with Crippen LogP contribution >= 0.6 is 12.6 Å². The van der Waals surface area contributed by atoms with Gasteiger partial charge in [-0.15, -0.1) is 0 Å². The summed E-state index contributed by atoms with van der Waals surface area (Å²) in [5.41, 5.74) is 6.34. The molecule has 0 aromatic carbocycles. The second-order valence-corrected chi connectivity index (χ2v) is 6.72. The maximum atomic E-state index is 12.4. The molecule has 1 rings (SSSR count). The molecule has 1 heterocycles. The van der Waals surface area contributed by atoms with Crippen LogP contribution in [0.1, 0.15) is 19.0 Å². The number of nitrogens with one attached hydrogen (secondary N) is 4. The van der Waals surface area contributed by atoms with Crippen LogP contribution in [0.15, 0.2) is 12.5 Å². The summed E-state index contributed by atoms with van der Waals surface area (Å²) in [6, 6.07) is -5.05. The first kappa shape index (κ1) is 24.9. The van der Waals surface area contributed by atoms with Gasteiger partial charge in [0, 0.05) is 24.1 Å². The zero-order valence-electron chi connectivity index (χ0n) is 16.0. The van der Waals surface area contributed by atoms with Gasteiger partial charge in [0.05, 0.1) is 18.8 Å². The van der Waals surface area contributed by atoms with E-state index in [1.807, 2.05) is 0 Å². The van der Waals surface area contributed by atoms with Crippen molar-refractivity contribution >= 4 is 42.3 Å². The van der Waals surface area contributed by atoms with Crippen molar-refractivity contribution in [2.24, 2.45) is 5.73 Å².